The number of benzene rings is 1. The van der Waals surface area contributed by atoms with Crippen molar-refractivity contribution in [1.82, 2.24) is 14.9 Å². The van der Waals surface area contributed by atoms with Gasteiger partial charge in [0, 0.05) is 47.9 Å². The number of anilines is 2. The van der Waals surface area contributed by atoms with E-state index in [1.807, 2.05) is 0 Å². The molecule has 0 aliphatic carbocycles. The first-order valence-electron chi connectivity index (χ1n) is 10.5. The predicted octanol–water partition coefficient (Wildman–Crippen LogP) is 3.78. The molecule has 1 aromatic carbocycles. The molecule has 11 nitrogen and oxygen atoms in total. The van der Waals surface area contributed by atoms with Gasteiger partial charge in [-0.25, -0.2) is 14.2 Å². The first-order valence-corrected chi connectivity index (χ1v) is 12.0. The number of hydrogen-bond acceptors (Lipinski definition) is 9. The van der Waals surface area contributed by atoms with Crippen molar-refractivity contribution < 1.29 is 27.8 Å². The van der Waals surface area contributed by atoms with Gasteiger partial charge in [-0.2, -0.15) is 4.98 Å². The maximum absolute atomic E-state index is 14.4. The third kappa shape index (κ3) is 6.37. The van der Waals surface area contributed by atoms with Crippen molar-refractivity contribution in [3.05, 3.63) is 40.5 Å². The molecule has 1 saturated heterocycles. The van der Waals surface area contributed by atoms with E-state index in [1.54, 1.807) is 25.7 Å². The minimum atomic E-state index is -1.38. The highest BCUT2D eigenvalue weighted by Gasteiger charge is 2.31. The predicted molar refractivity (Wildman–Crippen MR) is 122 cm³/mol. The van der Waals surface area contributed by atoms with Crippen molar-refractivity contribution >= 4 is 34.1 Å². The molecule has 2 aromatic rings. The molecule has 3 rings (SSSR count). The zero-order chi connectivity index (χ0) is 25.0. The maximum Gasteiger partial charge on any atom is 0.410 e. The molecule has 0 saturated carbocycles. The highest BCUT2D eigenvalue weighted by atomic mass is 32.2. The van der Waals surface area contributed by atoms with Gasteiger partial charge in [0.2, 0.25) is 5.82 Å². The fourth-order valence-corrected chi connectivity index (χ4v) is 3.78. The topological polar surface area (TPSA) is 137 Å². The van der Waals surface area contributed by atoms with Gasteiger partial charge in [0.25, 0.3) is 5.88 Å². The van der Waals surface area contributed by atoms with Crippen molar-refractivity contribution in [1.29, 1.82) is 0 Å². The number of nitrogens with zero attached hydrogens (tertiary/aromatic N) is 4. The van der Waals surface area contributed by atoms with E-state index in [0.29, 0.717) is 25.9 Å². The Hall–Kier alpha value is -3.35. The quantitative estimate of drug-likeness (QED) is 0.469. The van der Waals surface area contributed by atoms with E-state index in [1.165, 1.54) is 18.4 Å². The number of piperidine rings is 1. The smallest absolute Gasteiger partial charge is 0.410 e. The van der Waals surface area contributed by atoms with Gasteiger partial charge >= 0.3 is 11.8 Å². The standard InChI is InChI=1S/C21H26FN5O6S/c1-21(2,3)33-20(28)26-9-7-13(8-10-26)32-19-17(27(29)30)18(23-12-24-19)25-16-6-5-14(34(4)31)11-15(16)22/h5-6,11-13H,7-10H2,1-4H3,(H,23,24,25). The molecule has 34 heavy (non-hydrogen) atoms. The first kappa shape index (κ1) is 25.3. The van der Waals surface area contributed by atoms with Crippen molar-refractivity contribution in [2.45, 2.75) is 50.2 Å². The highest BCUT2D eigenvalue weighted by Crippen LogP contribution is 2.35. The molecule has 1 atom stereocenters. The van der Waals surface area contributed by atoms with Crippen molar-refractivity contribution in [3.63, 3.8) is 0 Å². The van der Waals surface area contributed by atoms with Crippen LogP contribution in [0.1, 0.15) is 33.6 Å². The minimum absolute atomic E-state index is 0.0763. The third-order valence-electron chi connectivity index (χ3n) is 4.87. The lowest BCUT2D eigenvalue weighted by Crippen LogP contribution is -2.44. The van der Waals surface area contributed by atoms with E-state index >= 15 is 0 Å². The number of aromatic nitrogens is 2. The molecule has 13 heteroatoms. The molecule has 1 aromatic heterocycles. The van der Waals surface area contributed by atoms with Crippen LogP contribution in [0.15, 0.2) is 29.4 Å². The SMILES string of the molecule is CS(=O)c1ccc(Nc2ncnc(OC3CCN(C(=O)OC(C)(C)C)CC3)c2[N+](=O)[O-])c(F)c1. The molecule has 1 aliphatic heterocycles. The molecule has 1 N–H and O–H groups in total. The van der Waals surface area contributed by atoms with Gasteiger partial charge in [0.05, 0.1) is 10.6 Å². The van der Waals surface area contributed by atoms with Gasteiger partial charge in [0.1, 0.15) is 23.8 Å². The van der Waals surface area contributed by atoms with E-state index in [4.69, 9.17) is 9.47 Å². The summed E-state index contributed by atoms with van der Waals surface area (Å²) in [6, 6.07) is 3.86. The lowest BCUT2D eigenvalue weighted by atomic mass is 10.1. The first-order chi connectivity index (χ1) is 15.9. The summed E-state index contributed by atoms with van der Waals surface area (Å²) in [6.07, 6.45) is 2.49. The zero-order valence-electron chi connectivity index (χ0n) is 19.2. The summed E-state index contributed by atoms with van der Waals surface area (Å²) in [7, 11) is -1.38. The lowest BCUT2D eigenvalue weighted by Gasteiger charge is -2.33. The van der Waals surface area contributed by atoms with Gasteiger partial charge in [-0.15, -0.1) is 0 Å². The fraction of sp³-hybridized carbons (Fsp3) is 0.476. The number of halogens is 1. The Morgan fingerprint density at radius 1 is 1.29 bits per heavy atom. The Kier molecular flexibility index (Phi) is 7.64. The summed E-state index contributed by atoms with van der Waals surface area (Å²) in [6.45, 7) is 6.07. The second-order valence-corrected chi connectivity index (χ2v) is 10.0. The third-order valence-corrected chi connectivity index (χ3v) is 5.79. The summed E-state index contributed by atoms with van der Waals surface area (Å²) >= 11 is 0. The number of carbonyl (C=O) groups excluding carboxylic acids is 1. The van der Waals surface area contributed by atoms with Gasteiger partial charge in [-0.1, -0.05) is 0 Å². The molecule has 0 radical (unpaired) electrons. The van der Waals surface area contributed by atoms with Crippen LogP contribution in [0.2, 0.25) is 0 Å². The molecule has 0 bridgehead atoms. The normalized spacial score (nSPS) is 15.5. The highest BCUT2D eigenvalue weighted by molar-refractivity contribution is 7.84. The van der Waals surface area contributed by atoms with E-state index in [-0.39, 0.29) is 22.3 Å². The van der Waals surface area contributed by atoms with Crippen LogP contribution in [0.5, 0.6) is 5.88 Å². The second-order valence-electron chi connectivity index (χ2n) is 8.64. The number of nitro groups is 1. The van der Waals surface area contributed by atoms with Crippen LogP contribution in [0.4, 0.5) is 26.4 Å². The fourth-order valence-electron chi connectivity index (χ4n) is 3.25. The summed E-state index contributed by atoms with van der Waals surface area (Å²) in [5, 5.41) is 14.4. The van der Waals surface area contributed by atoms with E-state index in [0.717, 1.165) is 12.4 Å². The molecule has 184 valence electrons. The number of ether oxygens (including phenoxy) is 2. The summed E-state index contributed by atoms with van der Waals surface area (Å²) < 4.78 is 37.1. The molecular weight excluding hydrogens is 469 g/mol. The number of carbonyl (C=O) groups is 1. The van der Waals surface area contributed by atoms with Crippen LogP contribution in [-0.4, -0.2) is 61.1 Å². The average Bonchev–Trinajstić information content (AvgIpc) is 2.74. The number of amides is 1. The molecule has 1 fully saturated rings. The van der Waals surface area contributed by atoms with Crippen molar-refractivity contribution in [2.75, 3.05) is 24.7 Å². The Labute approximate surface area is 198 Å². The van der Waals surface area contributed by atoms with E-state index in [2.05, 4.69) is 15.3 Å². The Morgan fingerprint density at radius 3 is 2.53 bits per heavy atom. The van der Waals surface area contributed by atoms with E-state index < -0.39 is 45.0 Å². The Balaban J connectivity index is 1.73. The monoisotopic (exact) mass is 495 g/mol. The Morgan fingerprint density at radius 2 is 1.97 bits per heavy atom. The number of hydrogen-bond donors (Lipinski definition) is 1. The van der Waals surface area contributed by atoms with Crippen LogP contribution in [0, 0.1) is 15.9 Å². The van der Waals surface area contributed by atoms with Crippen LogP contribution in [0.25, 0.3) is 0 Å². The maximum atomic E-state index is 14.4. The Bertz CT molecular complexity index is 1100. The van der Waals surface area contributed by atoms with Crippen LogP contribution < -0.4 is 10.1 Å². The summed E-state index contributed by atoms with van der Waals surface area (Å²) in [5.41, 5.74) is -1.23. The lowest BCUT2D eigenvalue weighted by molar-refractivity contribution is -0.385. The van der Waals surface area contributed by atoms with Crippen molar-refractivity contribution in [2.24, 2.45) is 0 Å². The second kappa shape index (κ2) is 10.3. The molecule has 1 unspecified atom stereocenters. The molecule has 2 heterocycles. The summed E-state index contributed by atoms with van der Waals surface area (Å²) in [5.74, 6) is -1.24. The molecular formula is C21H26FN5O6S. The largest absolute Gasteiger partial charge is 0.469 e. The van der Waals surface area contributed by atoms with Crippen LogP contribution in [0.3, 0.4) is 0 Å². The molecule has 0 spiro atoms. The summed E-state index contributed by atoms with van der Waals surface area (Å²) in [4.78, 5) is 32.9. The van der Waals surface area contributed by atoms with E-state index in [9.17, 15) is 23.5 Å². The number of nitrogens with one attached hydrogen (secondary N) is 1. The van der Waals surface area contributed by atoms with Crippen LogP contribution in [-0.2, 0) is 15.5 Å². The van der Waals surface area contributed by atoms with Gasteiger partial charge in [-0.05, 0) is 39.0 Å². The minimum Gasteiger partial charge on any atom is -0.469 e. The molecule has 1 amide bonds. The van der Waals surface area contributed by atoms with Gasteiger partial charge in [-0.3, -0.25) is 14.3 Å². The molecule has 1 aliphatic rings. The number of likely N-dealkylation sites (tertiary alicyclic amines) is 1. The van der Waals surface area contributed by atoms with Gasteiger partial charge < -0.3 is 19.7 Å². The number of rotatable bonds is 6. The average molecular weight is 496 g/mol. The van der Waals surface area contributed by atoms with Crippen molar-refractivity contribution in [3.8, 4) is 5.88 Å². The van der Waals surface area contributed by atoms with Gasteiger partial charge in [0.15, 0.2) is 0 Å². The van der Waals surface area contributed by atoms with Crippen LogP contribution >= 0.6 is 0 Å². The zero-order valence-corrected chi connectivity index (χ0v) is 20.1.